The summed E-state index contributed by atoms with van der Waals surface area (Å²) in [7, 11) is 1.56. The van der Waals surface area contributed by atoms with Crippen LogP contribution in [0.15, 0.2) is 78.4 Å². The van der Waals surface area contributed by atoms with Crippen LogP contribution < -0.4 is 14.2 Å². The molecule has 34 heavy (non-hydrogen) atoms. The summed E-state index contributed by atoms with van der Waals surface area (Å²) in [6.45, 7) is 0.983. The quantitative estimate of drug-likeness (QED) is 0.353. The number of carbonyl (C=O) groups excluding carboxylic acids is 2. The van der Waals surface area contributed by atoms with Gasteiger partial charge in [0.15, 0.2) is 11.5 Å². The van der Waals surface area contributed by atoms with Crippen molar-refractivity contribution in [1.82, 2.24) is 4.90 Å². The molecule has 1 unspecified atom stereocenters. The van der Waals surface area contributed by atoms with E-state index in [-0.39, 0.29) is 17.9 Å². The number of ketones is 1. The molecule has 1 fully saturated rings. The predicted octanol–water partition coefficient (Wildman–Crippen LogP) is 4.09. The highest BCUT2D eigenvalue weighted by Crippen LogP contribution is 2.42. The van der Waals surface area contributed by atoms with E-state index in [0.717, 1.165) is 11.1 Å². The maximum absolute atomic E-state index is 13.3. The Balaban J connectivity index is 1.62. The molecule has 3 aromatic carbocycles. The Morgan fingerprint density at radius 2 is 1.68 bits per heavy atom. The van der Waals surface area contributed by atoms with E-state index in [9.17, 15) is 14.7 Å². The highest BCUT2D eigenvalue weighted by Gasteiger charge is 2.46. The van der Waals surface area contributed by atoms with Crippen molar-refractivity contribution in [2.75, 3.05) is 20.3 Å². The second kappa shape index (κ2) is 8.94. The molecule has 0 spiro atoms. The maximum atomic E-state index is 13.3. The highest BCUT2D eigenvalue weighted by atomic mass is 16.6. The monoisotopic (exact) mass is 457 g/mol. The largest absolute Gasteiger partial charge is 0.507 e. The molecule has 2 heterocycles. The average Bonchev–Trinajstić information content (AvgIpc) is 3.13. The van der Waals surface area contributed by atoms with Crippen LogP contribution in [0.1, 0.15) is 22.7 Å². The first-order valence-electron chi connectivity index (χ1n) is 10.9. The zero-order valence-corrected chi connectivity index (χ0v) is 18.6. The van der Waals surface area contributed by atoms with Crippen LogP contribution in [0, 0.1) is 0 Å². The number of benzene rings is 3. The normalized spacial score (nSPS) is 18.7. The zero-order chi connectivity index (χ0) is 23.7. The van der Waals surface area contributed by atoms with Gasteiger partial charge in [-0.15, -0.1) is 0 Å². The van der Waals surface area contributed by atoms with E-state index in [2.05, 4.69) is 0 Å². The Bertz CT molecular complexity index is 1280. The summed E-state index contributed by atoms with van der Waals surface area (Å²) >= 11 is 0. The molecule has 1 saturated heterocycles. The molecular weight excluding hydrogens is 434 g/mol. The van der Waals surface area contributed by atoms with Gasteiger partial charge in [-0.2, -0.15) is 0 Å². The molecule has 172 valence electrons. The number of rotatable bonds is 5. The van der Waals surface area contributed by atoms with Crippen LogP contribution in [0.2, 0.25) is 0 Å². The topological polar surface area (TPSA) is 85.3 Å². The van der Waals surface area contributed by atoms with Crippen molar-refractivity contribution >= 4 is 17.4 Å². The van der Waals surface area contributed by atoms with Gasteiger partial charge >= 0.3 is 0 Å². The van der Waals surface area contributed by atoms with Gasteiger partial charge in [0, 0.05) is 11.1 Å². The zero-order valence-electron chi connectivity index (χ0n) is 18.6. The molecule has 2 aliphatic heterocycles. The molecule has 1 N–H and O–H groups in total. The number of aliphatic hydroxyl groups is 1. The second-order valence-corrected chi connectivity index (χ2v) is 8.01. The lowest BCUT2D eigenvalue weighted by Gasteiger charge is -2.26. The number of fused-ring (bicyclic) bond motifs is 1. The van der Waals surface area contributed by atoms with Crippen molar-refractivity contribution in [3.05, 3.63) is 95.1 Å². The van der Waals surface area contributed by atoms with Gasteiger partial charge in [-0.05, 0) is 29.8 Å². The molecule has 3 aromatic rings. The summed E-state index contributed by atoms with van der Waals surface area (Å²) in [4.78, 5) is 27.9. The number of carbonyl (C=O) groups is 2. The number of aliphatic hydroxyl groups excluding tert-OH is 1. The first kappa shape index (κ1) is 21.6. The molecule has 1 amide bonds. The minimum absolute atomic E-state index is 0.0303. The van der Waals surface area contributed by atoms with E-state index in [1.165, 1.54) is 4.90 Å². The molecule has 0 aliphatic carbocycles. The summed E-state index contributed by atoms with van der Waals surface area (Å²) in [6.07, 6.45) is 0. The highest BCUT2D eigenvalue weighted by molar-refractivity contribution is 6.46. The molecule has 7 heteroatoms. The van der Waals surface area contributed by atoms with Crippen molar-refractivity contribution in [3.8, 4) is 17.2 Å². The van der Waals surface area contributed by atoms with Crippen molar-refractivity contribution in [1.29, 1.82) is 0 Å². The standard InChI is InChI=1S/C27H23NO6/c1-32-20-10-6-5-9-19(20)16-28-24(17-7-3-2-4-8-17)23(26(30)27(28)31)25(29)18-11-12-21-22(15-18)34-14-13-33-21/h2-12,15,24,29H,13-14,16H2,1H3/b25-23-. The van der Waals surface area contributed by atoms with Gasteiger partial charge in [0.1, 0.15) is 24.7 Å². The lowest BCUT2D eigenvalue weighted by atomic mass is 9.95. The van der Waals surface area contributed by atoms with E-state index >= 15 is 0 Å². The molecule has 0 radical (unpaired) electrons. The summed E-state index contributed by atoms with van der Waals surface area (Å²) in [5.74, 6) is -0.0152. The van der Waals surface area contributed by atoms with Gasteiger partial charge in [0.05, 0.1) is 25.3 Å². The first-order valence-corrected chi connectivity index (χ1v) is 10.9. The molecule has 7 nitrogen and oxygen atoms in total. The minimum Gasteiger partial charge on any atom is -0.507 e. The third-order valence-electron chi connectivity index (χ3n) is 6.00. The smallest absolute Gasteiger partial charge is 0.295 e. The molecule has 5 rings (SSSR count). The molecule has 2 aliphatic rings. The third kappa shape index (κ3) is 3.75. The van der Waals surface area contributed by atoms with Crippen molar-refractivity contribution in [2.45, 2.75) is 12.6 Å². The maximum Gasteiger partial charge on any atom is 0.295 e. The van der Waals surface area contributed by atoms with Gasteiger partial charge in [0.25, 0.3) is 11.7 Å². The Hall–Kier alpha value is -4.26. The van der Waals surface area contributed by atoms with Crippen LogP contribution in [-0.4, -0.2) is 42.0 Å². The van der Waals surface area contributed by atoms with Gasteiger partial charge in [-0.1, -0.05) is 48.5 Å². The molecule has 0 aromatic heterocycles. The fourth-order valence-electron chi connectivity index (χ4n) is 4.39. The summed E-state index contributed by atoms with van der Waals surface area (Å²) in [6, 6.07) is 20.7. The Morgan fingerprint density at radius 1 is 0.971 bits per heavy atom. The summed E-state index contributed by atoms with van der Waals surface area (Å²) in [5, 5.41) is 11.3. The van der Waals surface area contributed by atoms with E-state index in [1.807, 2.05) is 48.5 Å². The lowest BCUT2D eigenvalue weighted by Crippen LogP contribution is -2.29. The van der Waals surface area contributed by atoms with E-state index in [1.54, 1.807) is 31.4 Å². The van der Waals surface area contributed by atoms with Crippen molar-refractivity contribution < 1.29 is 28.9 Å². The molecule has 1 atom stereocenters. The van der Waals surface area contributed by atoms with Gasteiger partial charge in [-0.25, -0.2) is 0 Å². The third-order valence-corrected chi connectivity index (χ3v) is 6.00. The van der Waals surface area contributed by atoms with Crippen LogP contribution in [0.4, 0.5) is 0 Å². The number of ether oxygens (including phenoxy) is 3. The van der Waals surface area contributed by atoms with Gasteiger partial charge < -0.3 is 24.2 Å². The second-order valence-electron chi connectivity index (χ2n) is 8.01. The number of Topliss-reactive ketones (excluding diaryl/α,β-unsaturated/α-hetero) is 1. The molecule has 0 bridgehead atoms. The number of amides is 1. The summed E-state index contributed by atoms with van der Waals surface area (Å²) in [5.41, 5.74) is 1.88. The SMILES string of the molecule is COc1ccccc1CN1C(=O)C(=O)/C(=C(\O)c2ccc3c(c2)OCCO3)C1c1ccccc1. The predicted molar refractivity (Wildman–Crippen MR) is 125 cm³/mol. The Kier molecular flexibility index (Phi) is 5.67. The van der Waals surface area contributed by atoms with E-state index in [0.29, 0.717) is 36.0 Å². The first-order chi connectivity index (χ1) is 16.6. The number of likely N-dealkylation sites (tertiary alicyclic amines) is 1. The molecule has 0 saturated carbocycles. The van der Waals surface area contributed by atoms with Crippen LogP contribution in [0.5, 0.6) is 17.2 Å². The van der Waals surface area contributed by atoms with Crippen molar-refractivity contribution in [2.24, 2.45) is 0 Å². The number of hydrogen-bond acceptors (Lipinski definition) is 6. The Labute approximate surface area is 196 Å². The Morgan fingerprint density at radius 3 is 2.44 bits per heavy atom. The lowest BCUT2D eigenvalue weighted by molar-refractivity contribution is -0.140. The number of methoxy groups -OCH3 is 1. The number of nitrogens with zero attached hydrogens (tertiary/aromatic N) is 1. The summed E-state index contributed by atoms with van der Waals surface area (Å²) < 4.78 is 16.6. The minimum atomic E-state index is -0.765. The average molecular weight is 457 g/mol. The fourth-order valence-corrected chi connectivity index (χ4v) is 4.39. The van der Waals surface area contributed by atoms with Crippen LogP contribution in [0.3, 0.4) is 0 Å². The fraction of sp³-hybridized carbons (Fsp3) is 0.185. The van der Waals surface area contributed by atoms with Crippen LogP contribution in [0.25, 0.3) is 5.76 Å². The number of para-hydroxylation sites is 1. The number of hydrogen-bond donors (Lipinski definition) is 1. The van der Waals surface area contributed by atoms with Gasteiger partial charge in [0.2, 0.25) is 0 Å². The van der Waals surface area contributed by atoms with E-state index < -0.39 is 17.7 Å². The van der Waals surface area contributed by atoms with Crippen LogP contribution >= 0.6 is 0 Å². The van der Waals surface area contributed by atoms with E-state index in [4.69, 9.17) is 14.2 Å². The van der Waals surface area contributed by atoms with Crippen molar-refractivity contribution in [3.63, 3.8) is 0 Å². The van der Waals surface area contributed by atoms with Gasteiger partial charge in [-0.3, -0.25) is 9.59 Å². The molecular formula is C27H23NO6. The van der Waals surface area contributed by atoms with Crippen LogP contribution in [-0.2, 0) is 16.1 Å².